The number of H-pyrrole nitrogens is 1. The molecule has 0 aromatic carbocycles. The zero-order valence-electron chi connectivity index (χ0n) is 10.8. The van der Waals surface area contributed by atoms with Gasteiger partial charge in [-0.1, -0.05) is 58.3 Å². The Hall–Kier alpha value is -0.720. The second kappa shape index (κ2) is 9.50. The van der Waals surface area contributed by atoms with Crippen LogP contribution in [0.15, 0.2) is 18.5 Å². The zero-order chi connectivity index (χ0) is 11.5. The van der Waals surface area contributed by atoms with Crippen LogP contribution in [0.1, 0.15) is 70.3 Å². The first-order chi connectivity index (χ1) is 7.93. The molecule has 1 aromatic heterocycles. The molecule has 0 aliphatic carbocycles. The van der Waals surface area contributed by atoms with E-state index in [0.29, 0.717) is 0 Å². The minimum absolute atomic E-state index is 1.25. The molecule has 1 heteroatoms. The van der Waals surface area contributed by atoms with Gasteiger partial charge in [0.25, 0.3) is 0 Å². The fraction of sp³-hybridized carbons (Fsp3) is 0.733. The van der Waals surface area contributed by atoms with E-state index in [9.17, 15) is 0 Å². The van der Waals surface area contributed by atoms with Crippen LogP contribution in [0.25, 0.3) is 0 Å². The fourth-order valence-electron chi connectivity index (χ4n) is 2.15. The highest BCUT2D eigenvalue weighted by Crippen LogP contribution is 2.11. The van der Waals surface area contributed by atoms with Gasteiger partial charge in [-0.3, -0.25) is 0 Å². The zero-order valence-corrected chi connectivity index (χ0v) is 10.8. The van der Waals surface area contributed by atoms with E-state index in [1.807, 2.05) is 6.20 Å². The van der Waals surface area contributed by atoms with Gasteiger partial charge in [-0.15, -0.1) is 0 Å². The lowest BCUT2D eigenvalue weighted by molar-refractivity contribution is 0.565. The lowest BCUT2D eigenvalue weighted by Gasteiger charge is -2.01. The summed E-state index contributed by atoms with van der Waals surface area (Å²) in [7, 11) is 0. The first-order valence-corrected chi connectivity index (χ1v) is 7.05. The van der Waals surface area contributed by atoms with Gasteiger partial charge < -0.3 is 4.98 Å². The molecule has 0 saturated heterocycles. The highest BCUT2D eigenvalue weighted by Gasteiger charge is 1.94. The average Bonchev–Trinajstić information content (AvgIpc) is 2.80. The van der Waals surface area contributed by atoms with Crippen molar-refractivity contribution in [1.82, 2.24) is 4.98 Å². The third kappa shape index (κ3) is 6.71. The first kappa shape index (κ1) is 13.3. The van der Waals surface area contributed by atoms with Crippen LogP contribution in [0.3, 0.4) is 0 Å². The molecule has 0 saturated carbocycles. The summed E-state index contributed by atoms with van der Waals surface area (Å²) in [4.78, 5) is 3.11. The minimum atomic E-state index is 1.25. The van der Waals surface area contributed by atoms with Gasteiger partial charge in [-0.25, -0.2) is 0 Å². The quantitative estimate of drug-likeness (QED) is 0.530. The molecule has 1 N–H and O–H groups in total. The van der Waals surface area contributed by atoms with Crippen LogP contribution in [-0.4, -0.2) is 4.98 Å². The fourth-order valence-corrected chi connectivity index (χ4v) is 2.15. The molecule has 1 heterocycles. The van der Waals surface area contributed by atoms with Gasteiger partial charge in [0.15, 0.2) is 0 Å². The van der Waals surface area contributed by atoms with Crippen LogP contribution in [-0.2, 0) is 6.42 Å². The largest absolute Gasteiger partial charge is 0.367 e. The van der Waals surface area contributed by atoms with E-state index >= 15 is 0 Å². The van der Waals surface area contributed by atoms with Crippen LogP contribution in [0.2, 0.25) is 0 Å². The maximum Gasteiger partial charge on any atom is 0.00373 e. The van der Waals surface area contributed by atoms with Crippen molar-refractivity contribution in [2.45, 2.75) is 71.1 Å². The van der Waals surface area contributed by atoms with Crippen LogP contribution >= 0.6 is 0 Å². The monoisotopic (exact) mass is 221 g/mol. The summed E-state index contributed by atoms with van der Waals surface area (Å²) in [5.41, 5.74) is 1.46. The lowest BCUT2D eigenvalue weighted by atomic mass is 10.1. The number of aromatic amines is 1. The molecular weight excluding hydrogens is 194 g/mol. The predicted octanol–water partition coefficient (Wildman–Crippen LogP) is 5.09. The molecule has 0 spiro atoms. The Balaban J connectivity index is 1.78. The summed E-state index contributed by atoms with van der Waals surface area (Å²) in [6, 6.07) is 2.19. The lowest BCUT2D eigenvalue weighted by Crippen LogP contribution is -1.84. The molecule has 0 amide bonds. The van der Waals surface area contributed by atoms with Crippen molar-refractivity contribution in [3.63, 3.8) is 0 Å². The smallest absolute Gasteiger partial charge is 0.00373 e. The maximum absolute atomic E-state index is 3.11. The number of hydrogen-bond acceptors (Lipinski definition) is 0. The molecule has 1 aromatic rings. The van der Waals surface area contributed by atoms with E-state index in [1.54, 1.807) is 0 Å². The Labute approximate surface area is 101 Å². The summed E-state index contributed by atoms with van der Waals surface area (Å²) in [6.07, 6.45) is 18.1. The van der Waals surface area contributed by atoms with E-state index in [0.717, 1.165) is 0 Å². The minimum Gasteiger partial charge on any atom is -0.367 e. The van der Waals surface area contributed by atoms with Gasteiger partial charge in [0.2, 0.25) is 0 Å². The van der Waals surface area contributed by atoms with Crippen molar-refractivity contribution in [1.29, 1.82) is 0 Å². The average molecular weight is 221 g/mol. The summed E-state index contributed by atoms with van der Waals surface area (Å²) >= 11 is 0. The third-order valence-electron chi connectivity index (χ3n) is 3.23. The van der Waals surface area contributed by atoms with Crippen LogP contribution in [0, 0.1) is 0 Å². The summed E-state index contributed by atoms with van der Waals surface area (Å²) < 4.78 is 0. The Bertz CT molecular complexity index is 226. The summed E-state index contributed by atoms with van der Waals surface area (Å²) in [5.74, 6) is 0. The van der Waals surface area contributed by atoms with E-state index in [4.69, 9.17) is 0 Å². The van der Waals surface area contributed by atoms with Gasteiger partial charge in [0.1, 0.15) is 0 Å². The molecular formula is C15H27N. The Morgan fingerprint density at radius 2 is 1.50 bits per heavy atom. The molecule has 92 valence electrons. The van der Waals surface area contributed by atoms with Gasteiger partial charge in [-0.05, 0) is 24.5 Å². The number of hydrogen-bond donors (Lipinski definition) is 1. The molecule has 0 radical (unpaired) electrons. The van der Waals surface area contributed by atoms with Crippen molar-refractivity contribution in [2.75, 3.05) is 0 Å². The molecule has 0 aliphatic rings. The Kier molecular flexibility index (Phi) is 7.93. The molecule has 0 bridgehead atoms. The number of aromatic nitrogens is 1. The third-order valence-corrected chi connectivity index (χ3v) is 3.23. The number of rotatable bonds is 10. The molecule has 0 atom stereocenters. The second-order valence-corrected chi connectivity index (χ2v) is 4.80. The Morgan fingerprint density at radius 1 is 0.875 bits per heavy atom. The summed E-state index contributed by atoms with van der Waals surface area (Å²) in [5, 5.41) is 0. The number of unbranched alkanes of at least 4 members (excludes halogenated alkanes) is 8. The highest BCUT2D eigenvalue weighted by molar-refractivity contribution is 5.07. The Morgan fingerprint density at radius 3 is 2.06 bits per heavy atom. The van der Waals surface area contributed by atoms with Gasteiger partial charge >= 0.3 is 0 Å². The van der Waals surface area contributed by atoms with E-state index in [1.165, 1.54) is 69.8 Å². The van der Waals surface area contributed by atoms with Crippen LogP contribution in [0.5, 0.6) is 0 Å². The first-order valence-electron chi connectivity index (χ1n) is 7.05. The van der Waals surface area contributed by atoms with Crippen molar-refractivity contribution in [3.05, 3.63) is 24.0 Å². The van der Waals surface area contributed by atoms with Crippen molar-refractivity contribution in [2.24, 2.45) is 0 Å². The molecule has 16 heavy (non-hydrogen) atoms. The van der Waals surface area contributed by atoms with E-state index < -0.39 is 0 Å². The summed E-state index contributed by atoms with van der Waals surface area (Å²) in [6.45, 7) is 2.28. The van der Waals surface area contributed by atoms with Crippen LogP contribution < -0.4 is 0 Å². The molecule has 0 fully saturated rings. The second-order valence-electron chi connectivity index (χ2n) is 4.80. The topological polar surface area (TPSA) is 15.8 Å². The van der Waals surface area contributed by atoms with E-state index in [-0.39, 0.29) is 0 Å². The van der Waals surface area contributed by atoms with Crippen molar-refractivity contribution in [3.8, 4) is 0 Å². The van der Waals surface area contributed by atoms with Gasteiger partial charge in [0, 0.05) is 12.4 Å². The molecule has 0 unspecified atom stereocenters. The predicted molar refractivity (Wildman–Crippen MR) is 71.7 cm³/mol. The molecule has 0 aliphatic heterocycles. The van der Waals surface area contributed by atoms with Crippen molar-refractivity contribution < 1.29 is 0 Å². The highest BCUT2D eigenvalue weighted by atomic mass is 14.6. The van der Waals surface area contributed by atoms with Crippen LogP contribution in [0.4, 0.5) is 0 Å². The maximum atomic E-state index is 3.11. The SMILES string of the molecule is CCCCCCCCCCCc1cc[nH]c1. The standard InChI is InChI=1S/C15H27N/c1-2-3-4-5-6-7-8-9-10-11-15-12-13-16-14-15/h12-14,16H,2-11H2,1H3. The van der Waals surface area contributed by atoms with Gasteiger partial charge in [0.05, 0.1) is 0 Å². The normalized spacial score (nSPS) is 10.8. The van der Waals surface area contributed by atoms with Gasteiger partial charge in [-0.2, -0.15) is 0 Å². The molecule has 1 rings (SSSR count). The number of nitrogens with one attached hydrogen (secondary N) is 1. The van der Waals surface area contributed by atoms with E-state index in [2.05, 4.69) is 24.2 Å². The number of aryl methyl sites for hydroxylation is 1. The molecule has 1 nitrogen and oxygen atoms in total. The van der Waals surface area contributed by atoms with Crippen molar-refractivity contribution >= 4 is 0 Å².